The first-order chi connectivity index (χ1) is 9.88. The summed E-state index contributed by atoms with van der Waals surface area (Å²) in [4.78, 5) is 24.2. The number of aliphatic carboxylic acids is 1. The van der Waals surface area contributed by atoms with Crippen molar-refractivity contribution in [2.75, 3.05) is 37.6 Å². The average molecular weight is 292 g/mol. The van der Waals surface area contributed by atoms with Crippen molar-refractivity contribution in [2.24, 2.45) is 0 Å². The Hall–Kier alpha value is -1.69. The third-order valence-electron chi connectivity index (χ3n) is 3.93. The number of carboxylic acid groups (broad SMARTS) is 1. The molecular formula is C15H24N4O2. The molecule has 0 saturated carbocycles. The van der Waals surface area contributed by atoms with Gasteiger partial charge in [0.05, 0.1) is 6.54 Å². The maximum Gasteiger partial charge on any atom is 0.317 e. The van der Waals surface area contributed by atoms with Crippen LogP contribution in [0.25, 0.3) is 0 Å². The van der Waals surface area contributed by atoms with E-state index in [1.54, 1.807) is 0 Å². The number of hydrogen-bond donors (Lipinski definition) is 1. The Bertz CT molecular complexity index is 523. The van der Waals surface area contributed by atoms with Crippen LogP contribution in [0.2, 0.25) is 0 Å². The predicted octanol–water partition coefficient (Wildman–Crippen LogP) is 1.42. The van der Waals surface area contributed by atoms with Crippen molar-refractivity contribution < 1.29 is 9.90 Å². The number of aromatic nitrogens is 2. The zero-order valence-electron chi connectivity index (χ0n) is 13.3. The molecule has 0 spiro atoms. The largest absolute Gasteiger partial charge is 0.480 e. The summed E-state index contributed by atoms with van der Waals surface area (Å²) in [6, 6.07) is 0. The lowest BCUT2D eigenvalue weighted by Crippen LogP contribution is -2.48. The fourth-order valence-corrected chi connectivity index (χ4v) is 2.51. The molecule has 1 saturated heterocycles. The van der Waals surface area contributed by atoms with Crippen molar-refractivity contribution in [3.8, 4) is 0 Å². The molecule has 1 aromatic heterocycles. The Balaban J connectivity index is 2.14. The maximum atomic E-state index is 10.8. The molecule has 0 radical (unpaired) electrons. The standard InChI is InChI=1S/C15H24N4O2/c1-10(2)14-16-12(4)11(3)15(17-14)19-7-5-18(6-8-19)9-13(20)21/h10H,5-9H2,1-4H3,(H,20,21). The van der Waals surface area contributed by atoms with Crippen molar-refractivity contribution in [3.63, 3.8) is 0 Å². The second kappa shape index (κ2) is 6.39. The van der Waals surface area contributed by atoms with E-state index >= 15 is 0 Å². The van der Waals surface area contributed by atoms with Crippen LogP contribution in [0.3, 0.4) is 0 Å². The first-order valence-corrected chi connectivity index (χ1v) is 7.42. The fraction of sp³-hybridized carbons (Fsp3) is 0.667. The predicted molar refractivity (Wildman–Crippen MR) is 81.9 cm³/mol. The highest BCUT2D eigenvalue weighted by Gasteiger charge is 2.22. The second-order valence-electron chi connectivity index (χ2n) is 5.93. The molecule has 1 N–H and O–H groups in total. The zero-order valence-corrected chi connectivity index (χ0v) is 13.3. The van der Waals surface area contributed by atoms with Gasteiger partial charge in [-0.05, 0) is 13.8 Å². The van der Waals surface area contributed by atoms with Gasteiger partial charge >= 0.3 is 5.97 Å². The smallest absolute Gasteiger partial charge is 0.317 e. The number of carboxylic acids is 1. The van der Waals surface area contributed by atoms with Crippen LogP contribution in [0, 0.1) is 13.8 Å². The molecule has 1 aliphatic heterocycles. The molecule has 0 aliphatic carbocycles. The molecule has 0 aromatic carbocycles. The summed E-state index contributed by atoms with van der Waals surface area (Å²) in [7, 11) is 0. The second-order valence-corrected chi connectivity index (χ2v) is 5.93. The van der Waals surface area contributed by atoms with Gasteiger partial charge < -0.3 is 10.0 Å². The van der Waals surface area contributed by atoms with Crippen LogP contribution in [-0.4, -0.2) is 58.7 Å². The highest BCUT2D eigenvalue weighted by atomic mass is 16.4. The number of nitrogens with zero attached hydrogens (tertiary/aromatic N) is 4. The van der Waals surface area contributed by atoms with Crippen LogP contribution in [0.5, 0.6) is 0 Å². The molecule has 6 heteroatoms. The van der Waals surface area contributed by atoms with Gasteiger partial charge in [-0.3, -0.25) is 9.69 Å². The van der Waals surface area contributed by atoms with Gasteiger partial charge in [-0.25, -0.2) is 9.97 Å². The molecule has 2 rings (SSSR count). The first-order valence-electron chi connectivity index (χ1n) is 7.42. The van der Waals surface area contributed by atoms with Gasteiger partial charge in [-0.2, -0.15) is 0 Å². The van der Waals surface area contributed by atoms with E-state index < -0.39 is 5.97 Å². The molecule has 6 nitrogen and oxygen atoms in total. The molecule has 0 unspecified atom stereocenters. The molecule has 0 atom stereocenters. The number of rotatable bonds is 4. The van der Waals surface area contributed by atoms with E-state index in [-0.39, 0.29) is 6.54 Å². The minimum absolute atomic E-state index is 0.118. The fourth-order valence-electron chi connectivity index (χ4n) is 2.51. The van der Waals surface area contributed by atoms with E-state index in [4.69, 9.17) is 10.1 Å². The molecule has 2 heterocycles. The van der Waals surface area contributed by atoms with Crippen molar-refractivity contribution in [1.29, 1.82) is 0 Å². The van der Waals surface area contributed by atoms with Gasteiger partial charge in [0.15, 0.2) is 0 Å². The van der Waals surface area contributed by atoms with Crippen LogP contribution in [-0.2, 0) is 4.79 Å². The average Bonchev–Trinajstić information content (AvgIpc) is 2.42. The van der Waals surface area contributed by atoms with Gasteiger partial charge in [0.25, 0.3) is 0 Å². The van der Waals surface area contributed by atoms with E-state index in [0.29, 0.717) is 5.92 Å². The summed E-state index contributed by atoms with van der Waals surface area (Å²) < 4.78 is 0. The Kier molecular flexibility index (Phi) is 4.77. The summed E-state index contributed by atoms with van der Waals surface area (Å²) in [5.41, 5.74) is 2.14. The number of piperazine rings is 1. The number of hydrogen-bond acceptors (Lipinski definition) is 5. The van der Waals surface area contributed by atoms with Crippen LogP contribution in [0.1, 0.15) is 36.8 Å². The highest BCUT2D eigenvalue weighted by Crippen LogP contribution is 2.23. The summed E-state index contributed by atoms with van der Waals surface area (Å²) >= 11 is 0. The Labute approximate surface area is 125 Å². The summed E-state index contributed by atoms with van der Waals surface area (Å²) in [6.45, 7) is 11.5. The van der Waals surface area contributed by atoms with Crippen molar-refractivity contribution in [2.45, 2.75) is 33.6 Å². The normalized spacial score (nSPS) is 16.5. The summed E-state index contributed by atoms with van der Waals surface area (Å²) in [5, 5.41) is 8.85. The van der Waals surface area contributed by atoms with Crippen LogP contribution >= 0.6 is 0 Å². The van der Waals surface area contributed by atoms with Gasteiger partial charge in [-0.1, -0.05) is 13.8 Å². The molecule has 1 fully saturated rings. The van der Waals surface area contributed by atoms with Gasteiger partial charge in [0.2, 0.25) is 0 Å². The SMILES string of the molecule is Cc1nc(C(C)C)nc(N2CCN(CC(=O)O)CC2)c1C. The van der Waals surface area contributed by atoms with Crippen molar-refractivity contribution in [3.05, 3.63) is 17.1 Å². The van der Waals surface area contributed by atoms with Crippen LogP contribution < -0.4 is 4.90 Å². The maximum absolute atomic E-state index is 10.8. The topological polar surface area (TPSA) is 69.6 Å². The van der Waals surface area contributed by atoms with E-state index in [2.05, 4.69) is 30.7 Å². The minimum Gasteiger partial charge on any atom is -0.480 e. The highest BCUT2D eigenvalue weighted by molar-refractivity contribution is 5.69. The third-order valence-corrected chi connectivity index (χ3v) is 3.93. The van der Waals surface area contributed by atoms with Gasteiger partial charge in [0, 0.05) is 43.4 Å². The quantitative estimate of drug-likeness (QED) is 0.905. The van der Waals surface area contributed by atoms with Crippen LogP contribution in [0.15, 0.2) is 0 Å². The molecule has 116 valence electrons. The lowest BCUT2D eigenvalue weighted by molar-refractivity contribution is -0.138. The molecule has 21 heavy (non-hydrogen) atoms. The Morgan fingerprint density at radius 1 is 1.19 bits per heavy atom. The Morgan fingerprint density at radius 2 is 1.81 bits per heavy atom. The molecule has 0 amide bonds. The number of anilines is 1. The van der Waals surface area contributed by atoms with Crippen LogP contribution in [0.4, 0.5) is 5.82 Å². The zero-order chi connectivity index (χ0) is 15.6. The minimum atomic E-state index is -0.764. The van der Waals surface area contributed by atoms with E-state index in [1.807, 2.05) is 11.8 Å². The summed E-state index contributed by atoms with van der Waals surface area (Å²) in [5.74, 6) is 1.41. The number of carbonyl (C=O) groups is 1. The monoisotopic (exact) mass is 292 g/mol. The molecule has 1 aliphatic rings. The van der Waals surface area contributed by atoms with Crippen molar-refractivity contribution >= 4 is 11.8 Å². The van der Waals surface area contributed by atoms with E-state index in [1.165, 1.54) is 0 Å². The third kappa shape index (κ3) is 3.69. The molecule has 0 bridgehead atoms. The lowest BCUT2D eigenvalue weighted by Gasteiger charge is -2.35. The first kappa shape index (κ1) is 15.7. The number of aryl methyl sites for hydroxylation is 1. The van der Waals surface area contributed by atoms with Gasteiger partial charge in [-0.15, -0.1) is 0 Å². The molecule has 1 aromatic rings. The molecular weight excluding hydrogens is 268 g/mol. The van der Waals surface area contributed by atoms with Crippen molar-refractivity contribution in [1.82, 2.24) is 14.9 Å². The van der Waals surface area contributed by atoms with E-state index in [9.17, 15) is 4.79 Å². The lowest BCUT2D eigenvalue weighted by atomic mass is 10.1. The summed E-state index contributed by atoms with van der Waals surface area (Å²) in [6.07, 6.45) is 0. The Morgan fingerprint density at radius 3 is 2.33 bits per heavy atom. The van der Waals surface area contributed by atoms with E-state index in [0.717, 1.165) is 49.1 Å². The van der Waals surface area contributed by atoms with Gasteiger partial charge in [0.1, 0.15) is 11.6 Å².